The van der Waals surface area contributed by atoms with Crippen LogP contribution in [0.5, 0.6) is 0 Å². The van der Waals surface area contributed by atoms with Gasteiger partial charge in [-0.1, -0.05) is 0 Å². The van der Waals surface area contributed by atoms with E-state index < -0.39 is 17.7 Å². The standard InChI is InChI=1S/C17H17F3O2/c18-17(19,20)15(21)22-16-3-7-4-2-8(16)13-10(4)11-5-1-6(9(7)11)14(16)12(5)13/h4-14H,1-3H2. The zero-order chi connectivity index (χ0) is 14.8. The van der Waals surface area contributed by atoms with Gasteiger partial charge in [-0.3, -0.25) is 0 Å². The van der Waals surface area contributed by atoms with E-state index in [9.17, 15) is 18.0 Å². The SMILES string of the molecule is O=C(OC12CC3C4CC1C1C4C4C5CC(C34)C2C51)C(F)(F)F. The molecule has 8 aliphatic carbocycles. The minimum Gasteiger partial charge on any atom is -0.452 e. The lowest BCUT2D eigenvalue weighted by atomic mass is 9.54. The van der Waals surface area contributed by atoms with Gasteiger partial charge in [0, 0.05) is 11.8 Å². The minimum atomic E-state index is -4.85. The molecule has 0 aromatic heterocycles. The Labute approximate surface area is 125 Å². The summed E-state index contributed by atoms with van der Waals surface area (Å²) in [5.41, 5.74) is -0.737. The van der Waals surface area contributed by atoms with Crippen molar-refractivity contribution in [2.75, 3.05) is 0 Å². The normalized spacial score (nSPS) is 69.9. The second-order valence-electron chi connectivity index (χ2n) is 9.19. The molecule has 22 heavy (non-hydrogen) atoms. The van der Waals surface area contributed by atoms with Crippen molar-refractivity contribution < 1.29 is 22.7 Å². The summed E-state index contributed by atoms with van der Waals surface area (Å²) >= 11 is 0. The summed E-state index contributed by atoms with van der Waals surface area (Å²) < 4.78 is 43.9. The number of ether oxygens (including phenoxy) is 1. The molecule has 0 aliphatic heterocycles. The number of halogens is 3. The van der Waals surface area contributed by atoms with Gasteiger partial charge < -0.3 is 4.74 Å². The van der Waals surface area contributed by atoms with Gasteiger partial charge >= 0.3 is 12.1 Å². The first-order valence-electron chi connectivity index (χ1n) is 8.73. The Hall–Kier alpha value is -0.740. The third-order valence-electron chi connectivity index (χ3n) is 9.47. The lowest BCUT2D eigenvalue weighted by molar-refractivity contribution is -0.239. The first-order chi connectivity index (χ1) is 10.4. The molecule has 5 heteroatoms. The molecule has 8 rings (SSSR count). The number of carbonyl (C=O) groups excluding carboxylic acids is 1. The minimum absolute atomic E-state index is 0.247. The summed E-state index contributed by atoms with van der Waals surface area (Å²) in [7, 11) is 0. The highest BCUT2D eigenvalue weighted by Crippen LogP contribution is 2.90. The van der Waals surface area contributed by atoms with E-state index >= 15 is 0 Å². The smallest absolute Gasteiger partial charge is 0.452 e. The topological polar surface area (TPSA) is 26.3 Å². The molecule has 8 aliphatic rings. The van der Waals surface area contributed by atoms with Gasteiger partial charge in [0.25, 0.3) is 0 Å². The summed E-state index contributed by atoms with van der Waals surface area (Å²) in [5.74, 6) is 4.85. The van der Waals surface area contributed by atoms with Crippen LogP contribution in [0.2, 0.25) is 0 Å². The second-order valence-corrected chi connectivity index (χ2v) is 9.19. The maximum atomic E-state index is 12.8. The monoisotopic (exact) mass is 310 g/mol. The highest BCUT2D eigenvalue weighted by atomic mass is 19.4. The Morgan fingerprint density at radius 2 is 1.68 bits per heavy atom. The maximum absolute atomic E-state index is 12.8. The first kappa shape index (κ1) is 11.7. The van der Waals surface area contributed by atoms with Crippen molar-refractivity contribution in [1.82, 2.24) is 0 Å². The van der Waals surface area contributed by atoms with E-state index in [0.29, 0.717) is 23.7 Å². The van der Waals surface area contributed by atoms with E-state index in [1.807, 2.05) is 0 Å². The molecule has 12 atom stereocenters. The summed E-state index contributed by atoms with van der Waals surface area (Å²) in [6.45, 7) is 0. The predicted octanol–water partition coefficient (Wildman–Crippen LogP) is 2.87. The molecular weight excluding hydrogens is 293 g/mol. The third-order valence-corrected chi connectivity index (χ3v) is 9.47. The molecule has 12 unspecified atom stereocenters. The lowest BCUT2D eigenvalue weighted by Gasteiger charge is -2.55. The number of rotatable bonds is 1. The van der Waals surface area contributed by atoms with Gasteiger partial charge in [0.1, 0.15) is 5.60 Å². The molecule has 0 N–H and O–H groups in total. The van der Waals surface area contributed by atoms with E-state index in [-0.39, 0.29) is 11.8 Å². The highest BCUT2D eigenvalue weighted by Gasteiger charge is 2.89. The molecular formula is C17H17F3O2. The van der Waals surface area contributed by atoms with Gasteiger partial charge in [-0.05, 0) is 72.5 Å². The Bertz CT molecular complexity index is 642. The van der Waals surface area contributed by atoms with Crippen LogP contribution in [-0.4, -0.2) is 17.7 Å². The van der Waals surface area contributed by atoms with Crippen LogP contribution in [0.15, 0.2) is 0 Å². The van der Waals surface area contributed by atoms with Gasteiger partial charge in [-0.25, -0.2) is 4.79 Å². The zero-order valence-corrected chi connectivity index (χ0v) is 11.9. The van der Waals surface area contributed by atoms with Gasteiger partial charge in [0.05, 0.1) is 0 Å². The molecule has 0 spiro atoms. The van der Waals surface area contributed by atoms with Crippen LogP contribution in [0.25, 0.3) is 0 Å². The molecule has 8 saturated carbocycles. The van der Waals surface area contributed by atoms with Crippen LogP contribution in [0.1, 0.15) is 19.3 Å². The Morgan fingerprint density at radius 3 is 2.45 bits per heavy atom. The van der Waals surface area contributed by atoms with Crippen LogP contribution >= 0.6 is 0 Å². The van der Waals surface area contributed by atoms with Crippen LogP contribution in [0.4, 0.5) is 13.2 Å². The van der Waals surface area contributed by atoms with Gasteiger partial charge in [0.2, 0.25) is 0 Å². The zero-order valence-electron chi connectivity index (χ0n) is 11.9. The van der Waals surface area contributed by atoms with Crippen molar-refractivity contribution in [2.45, 2.75) is 31.0 Å². The van der Waals surface area contributed by atoms with Crippen LogP contribution < -0.4 is 0 Å². The fraction of sp³-hybridized carbons (Fsp3) is 0.941. The molecule has 0 aromatic carbocycles. The summed E-state index contributed by atoms with van der Waals surface area (Å²) in [6, 6.07) is 0. The largest absolute Gasteiger partial charge is 0.490 e. The molecule has 0 amide bonds. The number of alkyl halides is 3. The molecule has 118 valence electrons. The van der Waals surface area contributed by atoms with E-state index in [1.54, 1.807) is 0 Å². The van der Waals surface area contributed by atoms with E-state index in [4.69, 9.17) is 4.74 Å². The molecule has 2 nitrogen and oxygen atoms in total. The third kappa shape index (κ3) is 0.843. The average Bonchev–Trinajstić information content (AvgIpc) is 3.16. The molecule has 8 fully saturated rings. The molecule has 0 radical (unpaired) electrons. The van der Waals surface area contributed by atoms with E-state index in [2.05, 4.69) is 0 Å². The molecule has 0 aromatic rings. The summed E-state index contributed by atoms with van der Waals surface area (Å²) in [5, 5.41) is 0. The number of carbonyl (C=O) groups is 1. The molecule has 6 bridgehead atoms. The molecule has 0 heterocycles. The van der Waals surface area contributed by atoms with Crippen molar-refractivity contribution in [2.24, 2.45) is 65.1 Å². The molecule has 0 saturated heterocycles. The fourth-order valence-electron chi connectivity index (χ4n) is 10.0. The van der Waals surface area contributed by atoms with Crippen molar-refractivity contribution in [3.8, 4) is 0 Å². The lowest BCUT2D eigenvalue weighted by Crippen LogP contribution is -2.58. The van der Waals surface area contributed by atoms with Gasteiger partial charge in [-0.2, -0.15) is 13.2 Å². The Morgan fingerprint density at radius 1 is 0.909 bits per heavy atom. The number of hydrogen-bond donors (Lipinski definition) is 0. The van der Waals surface area contributed by atoms with Crippen molar-refractivity contribution in [3.63, 3.8) is 0 Å². The fourth-order valence-corrected chi connectivity index (χ4v) is 10.0. The van der Waals surface area contributed by atoms with Crippen molar-refractivity contribution in [3.05, 3.63) is 0 Å². The van der Waals surface area contributed by atoms with Crippen LogP contribution in [0.3, 0.4) is 0 Å². The van der Waals surface area contributed by atoms with Gasteiger partial charge in [0.15, 0.2) is 0 Å². The summed E-state index contributed by atoms with van der Waals surface area (Å²) in [4.78, 5) is 11.7. The summed E-state index contributed by atoms with van der Waals surface area (Å²) in [6.07, 6.45) is -1.83. The van der Waals surface area contributed by atoms with Crippen molar-refractivity contribution in [1.29, 1.82) is 0 Å². The maximum Gasteiger partial charge on any atom is 0.490 e. The number of esters is 1. The number of hydrogen-bond acceptors (Lipinski definition) is 2. The van der Waals surface area contributed by atoms with E-state index in [0.717, 1.165) is 42.4 Å². The first-order valence-corrected chi connectivity index (χ1v) is 8.73. The average molecular weight is 310 g/mol. The highest BCUT2D eigenvalue weighted by molar-refractivity contribution is 5.76. The van der Waals surface area contributed by atoms with Crippen LogP contribution in [-0.2, 0) is 9.53 Å². The van der Waals surface area contributed by atoms with Crippen molar-refractivity contribution >= 4 is 5.97 Å². The Kier molecular flexibility index (Phi) is 1.53. The second kappa shape index (κ2) is 2.86. The Balaban J connectivity index is 1.41. The van der Waals surface area contributed by atoms with Crippen LogP contribution in [0, 0.1) is 65.1 Å². The van der Waals surface area contributed by atoms with E-state index in [1.165, 1.54) is 6.42 Å². The quantitative estimate of drug-likeness (QED) is 0.696. The van der Waals surface area contributed by atoms with Gasteiger partial charge in [-0.15, -0.1) is 0 Å². The predicted molar refractivity (Wildman–Crippen MR) is 67.1 cm³/mol.